The molecule has 0 aromatic heterocycles. The molecule has 0 atom stereocenters. The van der Waals surface area contributed by atoms with Crippen molar-refractivity contribution in [3.05, 3.63) is 39.7 Å². The summed E-state index contributed by atoms with van der Waals surface area (Å²) in [5, 5.41) is 10.7. The van der Waals surface area contributed by atoms with Gasteiger partial charge in [-0.1, -0.05) is 0 Å². The molecule has 0 saturated heterocycles. The summed E-state index contributed by atoms with van der Waals surface area (Å²) < 4.78 is 13.0. The molecule has 0 bridgehead atoms. The topological polar surface area (TPSA) is 60.2 Å². The van der Waals surface area contributed by atoms with Gasteiger partial charge in [0, 0.05) is 11.6 Å². The van der Waals surface area contributed by atoms with Crippen molar-refractivity contribution in [3.63, 3.8) is 0 Å². The van der Waals surface area contributed by atoms with Gasteiger partial charge in [-0.05, 0) is 25.0 Å². The predicted octanol–water partition coefficient (Wildman–Crippen LogP) is 1.96. The van der Waals surface area contributed by atoms with Crippen molar-refractivity contribution in [1.82, 2.24) is 0 Å². The normalized spacial score (nSPS) is 17.1. The Morgan fingerprint density at radius 1 is 1.47 bits per heavy atom. The fraction of sp³-hybridized carbons (Fsp3) is 0.300. The molecule has 15 heavy (non-hydrogen) atoms. The Hall–Kier alpha value is -1.78. The number of nitrogens with zero attached hydrogens (tertiary/aromatic N) is 1. The van der Waals surface area contributed by atoms with Crippen LogP contribution in [0.25, 0.3) is 0 Å². The molecule has 0 N–H and O–H groups in total. The molecule has 1 aliphatic carbocycles. The fourth-order valence-electron chi connectivity index (χ4n) is 1.65. The van der Waals surface area contributed by atoms with Crippen molar-refractivity contribution in [2.24, 2.45) is 0 Å². The molecule has 78 valence electrons. The van der Waals surface area contributed by atoms with Crippen molar-refractivity contribution in [3.8, 4) is 0 Å². The largest absolute Gasteiger partial charge is 0.302 e. The van der Waals surface area contributed by atoms with Crippen molar-refractivity contribution in [1.29, 1.82) is 0 Å². The van der Waals surface area contributed by atoms with Crippen LogP contribution in [-0.4, -0.2) is 11.2 Å². The molecule has 0 spiro atoms. The number of hydrogen-bond acceptors (Lipinski definition) is 3. The molecule has 1 saturated carbocycles. The average molecular weight is 209 g/mol. The molecule has 1 aliphatic rings. The van der Waals surface area contributed by atoms with E-state index in [9.17, 15) is 19.3 Å². The zero-order chi connectivity index (χ0) is 11.1. The van der Waals surface area contributed by atoms with Gasteiger partial charge < -0.3 is 4.79 Å². The van der Waals surface area contributed by atoms with Crippen molar-refractivity contribution >= 4 is 12.0 Å². The van der Waals surface area contributed by atoms with Crippen molar-refractivity contribution in [2.45, 2.75) is 18.3 Å². The molecule has 0 unspecified atom stereocenters. The summed E-state index contributed by atoms with van der Waals surface area (Å²) in [7, 11) is 0. The summed E-state index contributed by atoms with van der Waals surface area (Å²) in [4.78, 5) is 20.9. The first-order valence-electron chi connectivity index (χ1n) is 4.50. The molecule has 5 heteroatoms. The van der Waals surface area contributed by atoms with Crippen LogP contribution in [0.3, 0.4) is 0 Å². The van der Waals surface area contributed by atoms with Gasteiger partial charge >= 0.3 is 0 Å². The lowest BCUT2D eigenvalue weighted by atomic mass is 9.96. The molecule has 0 heterocycles. The van der Waals surface area contributed by atoms with E-state index in [2.05, 4.69) is 0 Å². The third-order valence-corrected chi connectivity index (χ3v) is 2.71. The number of rotatable bonds is 3. The first-order valence-corrected chi connectivity index (χ1v) is 4.50. The highest BCUT2D eigenvalue weighted by Crippen LogP contribution is 2.49. The Labute approximate surface area is 84.9 Å². The Balaban J connectivity index is 2.57. The van der Waals surface area contributed by atoms with Crippen LogP contribution >= 0.6 is 0 Å². The monoisotopic (exact) mass is 209 g/mol. The first kappa shape index (κ1) is 9.76. The number of nitro groups is 1. The van der Waals surface area contributed by atoms with Gasteiger partial charge in [-0.15, -0.1) is 0 Å². The number of hydrogen-bond donors (Lipinski definition) is 0. The molecule has 1 aromatic carbocycles. The standard InChI is InChI=1S/C10H8FNO3/c11-7-1-2-9(12(14)15)8(5-7)10(6-13)3-4-10/h1-2,5-6H,3-4H2. The number of nitro benzene ring substituents is 1. The van der Waals surface area contributed by atoms with Crippen LogP contribution in [0, 0.1) is 15.9 Å². The number of benzene rings is 1. The maximum absolute atomic E-state index is 13.0. The van der Waals surface area contributed by atoms with Gasteiger partial charge in [0.1, 0.15) is 12.1 Å². The Morgan fingerprint density at radius 2 is 2.13 bits per heavy atom. The molecule has 1 aromatic rings. The molecule has 2 rings (SSSR count). The maximum Gasteiger partial charge on any atom is 0.273 e. The van der Waals surface area contributed by atoms with E-state index in [1.807, 2.05) is 0 Å². The molecule has 4 nitrogen and oxygen atoms in total. The lowest BCUT2D eigenvalue weighted by Crippen LogP contribution is -2.11. The van der Waals surface area contributed by atoms with E-state index in [1.54, 1.807) is 0 Å². The van der Waals surface area contributed by atoms with Crippen LogP contribution in [0.4, 0.5) is 10.1 Å². The third-order valence-electron chi connectivity index (χ3n) is 2.71. The lowest BCUT2D eigenvalue weighted by Gasteiger charge is -2.07. The number of aldehydes is 1. The van der Waals surface area contributed by atoms with E-state index in [1.165, 1.54) is 0 Å². The molecule has 0 radical (unpaired) electrons. The highest BCUT2D eigenvalue weighted by Gasteiger charge is 2.48. The van der Waals surface area contributed by atoms with Gasteiger partial charge in [0.2, 0.25) is 0 Å². The Bertz CT molecular complexity index is 440. The number of carbonyl (C=O) groups excluding carboxylic acids is 1. The second-order valence-electron chi connectivity index (χ2n) is 3.69. The lowest BCUT2D eigenvalue weighted by molar-refractivity contribution is -0.385. The zero-order valence-electron chi connectivity index (χ0n) is 7.77. The van der Waals surface area contributed by atoms with Crippen molar-refractivity contribution < 1.29 is 14.1 Å². The molecular weight excluding hydrogens is 201 g/mol. The van der Waals surface area contributed by atoms with Gasteiger partial charge in [-0.25, -0.2) is 4.39 Å². The quantitative estimate of drug-likeness (QED) is 0.434. The van der Waals surface area contributed by atoms with Gasteiger partial charge in [0.15, 0.2) is 0 Å². The van der Waals surface area contributed by atoms with Gasteiger partial charge in [-0.3, -0.25) is 10.1 Å². The highest BCUT2D eigenvalue weighted by atomic mass is 19.1. The summed E-state index contributed by atoms with van der Waals surface area (Å²) in [6.07, 6.45) is 1.79. The van der Waals surface area contributed by atoms with Gasteiger partial charge in [0.05, 0.1) is 10.3 Å². The van der Waals surface area contributed by atoms with E-state index in [4.69, 9.17) is 0 Å². The minimum Gasteiger partial charge on any atom is -0.302 e. The molecule has 0 amide bonds. The summed E-state index contributed by atoms with van der Waals surface area (Å²) in [5.41, 5.74) is -0.798. The maximum atomic E-state index is 13.0. The summed E-state index contributed by atoms with van der Waals surface area (Å²) >= 11 is 0. The Morgan fingerprint density at radius 3 is 2.60 bits per heavy atom. The minimum absolute atomic E-state index is 0.180. The van der Waals surface area contributed by atoms with Crippen molar-refractivity contribution in [2.75, 3.05) is 0 Å². The number of carbonyl (C=O) groups is 1. The fourth-order valence-corrected chi connectivity index (χ4v) is 1.65. The second kappa shape index (κ2) is 3.12. The number of halogens is 1. The second-order valence-corrected chi connectivity index (χ2v) is 3.69. The molecule has 0 aliphatic heterocycles. The highest BCUT2D eigenvalue weighted by molar-refractivity contribution is 5.75. The summed E-state index contributed by atoms with van der Waals surface area (Å²) in [6.45, 7) is 0. The van der Waals surface area contributed by atoms with E-state index < -0.39 is 16.2 Å². The predicted molar refractivity (Wildman–Crippen MR) is 50.0 cm³/mol. The molecular formula is C10H8FNO3. The van der Waals surface area contributed by atoms with E-state index in [0.717, 1.165) is 18.2 Å². The van der Waals surface area contributed by atoms with Crippen LogP contribution in [0.5, 0.6) is 0 Å². The first-order chi connectivity index (χ1) is 7.09. The van der Waals surface area contributed by atoms with Crippen LogP contribution in [-0.2, 0) is 10.2 Å². The van der Waals surface area contributed by atoms with E-state index in [-0.39, 0.29) is 11.3 Å². The van der Waals surface area contributed by atoms with Crippen LogP contribution in [0.2, 0.25) is 0 Å². The average Bonchev–Trinajstić information content (AvgIpc) is 2.97. The van der Waals surface area contributed by atoms with Crippen LogP contribution < -0.4 is 0 Å². The van der Waals surface area contributed by atoms with Gasteiger partial charge in [-0.2, -0.15) is 0 Å². The van der Waals surface area contributed by atoms with Gasteiger partial charge in [0.25, 0.3) is 5.69 Å². The zero-order valence-corrected chi connectivity index (χ0v) is 7.77. The summed E-state index contributed by atoms with van der Waals surface area (Å²) in [6, 6.07) is 3.22. The van der Waals surface area contributed by atoms with E-state index >= 15 is 0 Å². The smallest absolute Gasteiger partial charge is 0.273 e. The SMILES string of the molecule is O=CC1(c2cc(F)ccc2[N+](=O)[O-])CC1. The van der Waals surface area contributed by atoms with E-state index in [0.29, 0.717) is 19.1 Å². The van der Waals surface area contributed by atoms with Crippen LogP contribution in [0.1, 0.15) is 18.4 Å². The summed E-state index contributed by atoms with van der Waals surface area (Å²) in [5.74, 6) is -0.552. The minimum atomic E-state index is -0.815. The third kappa shape index (κ3) is 1.49. The Kier molecular flexibility index (Phi) is 2.03. The molecule has 1 fully saturated rings. The van der Waals surface area contributed by atoms with Crippen LogP contribution in [0.15, 0.2) is 18.2 Å².